The van der Waals surface area contributed by atoms with Gasteiger partial charge in [0.15, 0.2) is 0 Å². The Hall–Kier alpha value is -3.55. The number of benzene rings is 2. The molecular weight excluding hydrogens is 350 g/mol. The van der Waals surface area contributed by atoms with Gasteiger partial charge in [0, 0.05) is 38.1 Å². The maximum atomic E-state index is 9.04. The molecule has 0 amide bonds. The average molecular weight is 363 g/mol. The summed E-state index contributed by atoms with van der Waals surface area (Å²) in [7, 11) is 0. The maximum Gasteiger partial charge on any atom is 0.0992 e. The average Bonchev–Trinajstić information content (AvgIpc) is 3.12. The highest BCUT2D eigenvalue weighted by molar-refractivity contribution is 7.25. The number of hydrogen-bond acceptors (Lipinski definition) is 4. The molecule has 3 nitrogen and oxygen atoms in total. The van der Waals surface area contributed by atoms with Crippen molar-refractivity contribution >= 4 is 31.5 Å². The Morgan fingerprint density at radius 1 is 0.741 bits per heavy atom. The standard InChI is InChI=1S/C23H13N3S/c24-13-15-9-10-25-21(11-15)20-8-6-17(14-26-20)16-5-7-19-18-3-1-2-4-22(18)27-23(19)12-16/h1-12,14H. The van der Waals surface area contributed by atoms with Crippen LogP contribution in [0.1, 0.15) is 5.56 Å². The summed E-state index contributed by atoms with van der Waals surface area (Å²) in [6, 6.07) is 24.7. The summed E-state index contributed by atoms with van der Waals surface area (Å²) in [6.45, 7) is 0. The molecule has 0 aliphatic heterocycles. The molecule has 0 unspecified atom stereocenters. The molecule has 0 N–H and O–H groups in total. The fourth-order valence-electron chi connectivity index (χ4n) is 3.26. The first-order chi connectivity index (χ1) is 13.3. The van der Waals surface area contributed by atoms with Crippen LogP contribution in [0.25, 0.3) is 42.7 Å². The lowest BCUT2D eigenvalue weighted by atomic mass is 10.0. The van der Waals surface area contributed by atoms with Crippen LogP contribution in [0.5, 0.6) is 0 Å². The molecule has 3 aromatic heterocycles. The van der Waals surface area contributed by atoms with Crippen molar-refractivity contribution in [3.63, 3.8) is 0 Å². The van der Waals surface area contributed by atoms with Crippen LogP contribution in [0.2, 0.25) is 0 Å². The molecule has 0 aliphatic carbocycles. The second-order valence-electron chi connectivity index (χ2n) is 6.28. The summed E-state index contributed by atoms with van der Waals surface area (Å²) in [5, 5.41) is 11.6. The van der Waals surface area contributed by atoms with Gasteiger partial charge in [0.25, 0.3) is 0 Å². The van der Waals surface area contributed by atoms with Gasteiger partial charge in [0.05, 0.1) is 23.0 Å². The molecule has 0 atom stereocenters. The first-order valence-electron chi connectivity index (χ1n) is 8.56. The Balaban J connectivity index is 1.54. The van der Waals surface area contributed by atoms with E-state index >= 15 is 0 Å². The van der Waals surface area contributed by atoms with Crippen LogP contribution in [0.15, 0.2) is 79.1 Å². The normalized spacial score (nSPS) is 10.9. The lowest BCUT2D eigenvalue weighted by molar-refractivity contribution is 1.24. The molecule has 126 valence electrons. The number of nitrogens with zero attached hydrogens (tertiary/aromatic N) is 3. The third-order valence-corrected chi connectivity index (χ3v) is 5.76. The second kappa shape index (κ2) is 6.31. The fraction of sp³-hybridized carbons (Fsp3) is 0. The van der Waals surface area contributed by atoms with Gasteiger partial charge in [0.1, 0.15) is 0 Å². The molecule has 0 saturated heterocycles. The molecule has 0 saturated carbocycles. The van der Waals surface area contributed by atoms with Crippen molar-refractivity contribution in [3.05, 3.63) is 84.7 Å². The molecule has 2 aromatic carbocycles. The van der Waals surface area contributed by atoms with E-state index in [9.17, 15) is 0 Å². The summed E-state index contributed by atoms with van der Waals surface area (Å²) < 4.78 is 2.59. The highest BCUT2D eigenvalue weighted by Crippen LogP contribution is 2.36. The summed E-state index contributed by atoms with van der Waals surface area (Å²) in [4.78, 5) is 8.87. The minimum Gasteiger partial charge on any atom is -0.255 e. The van der Waals surface area contributed by atoms with Gasteiger partial charge in [-0.15, -0.1) is 11.3 Å². The topological polar surface area (TPSA) is 49.6 Å². The van der Waals surface area contributed by atoms with Gasteiger partial charge >= 0.3 is 0 Å². The molecule has 0 bridgehead atoms. The van der Waals surface area contributed by atoms with Crippen LogP contribution < -0.4 is 0 Å². The lowest BCUT2D eigenvalue weighted by Crippen LogP contribution is -1.89. The minimum atomic E-state index is 0.584. The monoisotopic (exact) mass is 363 g/mol. The Kier molecular flexibility index (Phi) is 3.67. The number of pyridine rings is 2. The van der Waals surface area contributed by atoms with Crippen LogP contribution in [-0.2, 0) is 0 Å². The molecule has 0 spiro atoms. The summed E-state index contributed by atoms with van der Waals surface area (Å²) in [5.41, 5.74) is 4.27. The van der Waals surface area contributed by atoms with Gasteiger partial charge < -0.3 is 0 Å². The Morgan fingerprint density at radius 2 is 1.59 bits per heavy atom. The van der Waals surface area contributed by atoms with Crippen molar-refractivity contribution in [1.29, 1.82) is 5.26 Å². The van der Waals surface area contributed by atoms with Gasteiger partial charge in [0.2, 0.25) is 0 Å². The van der Waals surface area contributed by atoms with Gasteiger partial charge in [-0.1, -0.05) is 36.4 Å². The van der Waals surface area contributed by atoms with Crippen LogP contribution in [0, 0.1) is 11.3 Å². The molecule has 0 fully saturated rings. The van der Waals surface area contributed by atoms with Crippen molar-refractivity contribution in [2.24, 2.45) is 0 Å². The summed E-state index contributed by atoms with van der Waals surface area (Å²) in [6.07, 6.45) is 3.50. The summed E-state index contributed by atoms with van der Waals surface area (Å²) >= 11 is 1.81. The van der Waals surface area contributed by atoms with E-state index in [1.807, 2.05) is 23.6 Å². The van der Waals surface area contributed by atoms with E-state index in [0.29, 0.717) is 11.3 Å². The third-order valence-electron chi connectivity index (χ3n) is 4.63. The molecule has 0 radical (unpaired) electrons. The maximum absolute atomic E-state index is 9.04. The zero-order valence-electron chi connectivity index (χ0n) is 14.3. The number of aromatic nitrogens is 2. The van der Waals surface area contributed by atoms with Crippen molar-refractivity contribution in [2.45, 2.75) is 0 Å². The molecular formula is C23H13N3S. The number of thiophene rings is 1. The summed E-state index contributed by atoms with van der Waals surface area (Å²) in [5.74, 6) is 0. The van der Waals surface area contributed by atoms with E-state index in [1.165, 1.54) is 20.2 Å². The van der Waals surface area contributed by atoms with Gasteiger partial charge in [-0.25, -0.2) is 0 Å². The van der Waals surface area contributed by atoms with Gasteiger partial charge in [-0.2, -0.15) is 5.26 Å². The fourth-order valence-corrected chi connectivity index (χ4v) is 4.41. The number of fused-ring (bicyclic) bond motifs is 3. The molecule has 4 heteroatoms. The Morgan fingerprint density at radius 3 is 2.44 bits per heavy atom. The van der Waals surface area contributed by atoms with Crippen LogP contribution in [0.4, 0.5) is 0 Å². The van der Waals surface area contributed by atoms with E-state index in [1.54, 1.807) is 18.3 Å². The first-order valence-corrected chi connectivity index (χ1v) is 9.38. The van der Waals surface area contributed by atoms with E-state index in [-0.39, 0.29) is 0 Å². The van der Waals surface area contributed by atoms with Gasteiger partial charge in [-0.05, 0) is 35.9 Å². The van der Waals surface area contributed by atoms with Crippen molar-refractivity contribution in [1.82, 2.24) is 9.97 Å². The van der Waals surface area contributed by atoms with Crippen molar-refractivity contribution in [3.8, 4) is 28.6 Å². The predicted octanol–water partition coefficient (Wildman–Crippen LogP) is 6.05. The first kappa shape index (κ1) is 15.7. The van der Waals surface area contributed by atoms with Crippen LogP contribution in [-0.4, -0.2) is 9.97 Å². The highest BCUT2D eigenvalue weighted by Gasteiger charge is 2.08. The van der Waals surface area contributed by atoms with Crippen molar-refractivity contribution < 1.29 is 0 Å². The SMILES string of the molecule is N#Cc1ccnc(-c2ccc(-c3ccc4c(c3)sc3ccccc34)cn2)c1. The quantitative estimate of drug-likeness (QED) is 0.383. The van der Waals surface area contributed by atoms with E-state index in [2.05, 4.69) is 64.6 Å². The van der Waals surface area contributed by atoms with E-state index < -0.39 is 0 Å². The third kappa shape index (κ3) is 2.75. The largest absolute Gasteiger partial charge is 0.255 e. The molecule has 5 aromatic rings. The second-order valence-corrected chi connectivity index (χ2v) is 7.37. The molecule has 3 heterocycles. The van der Waals surface area contributed by atoms with E-state index in [0.717, 1.165) is 16.8 Å². The Bertz CT molecular complexity index is 1330. The number of rotatable bonds is 2. The number of nitriles is 1. The van der Waals surface area contributed by atoms with Crippen LogP contribution in [0.3, 0.4) is 0 Å². The van der Waals surface area contributed by atoms with Crippen molar-refractivity contribution in [2.75, 3.05) is 0 Å². The highest BCUT2D eigenvalue weighted by atomic mass is 32.1. The molecule has 5 rings (SSSR count). The lowest BCUT2D eigenvalue weighted by Gasteiger charge is -2.04. The number of hydrogen-bond donors (Lipinski definition) is 0. The zero-order valence-corrected chi connectivity index (χ0v) is 15.1. The van der Waals surface area contributed by atoms with E-state index in [4.69, 9.17) is 5.26 Å². The Labute approximate surface area is 160 Å². The van der Waals surface area contributed by atoms with Crippen LogP contribution >= 0.6 is 11.3 Å². The molecule has 0 aliphatic rings. The smallest absolute Gasteiger partial charge is 0.0992 e. The minimum absolute atomic E-state index is 0.584. The van der Waals surface area contributed by atoms with Gasteiger partial charge in [-0.3, -0.25) is 9.97 Å². The predicted molar refractivity (Wildman–Crippen MR) is 111 cm³/mol. The molecule has 27 heavy (non-hydrogen) atoms. The zero-order chi connectivity index (χ0) is 18.2.